The fraction of sp³-hybridized carbons (Fsp3) is 0. The number of nitrogens with zero attached hydrogens (tertiary/aromatic N) is 1. The number of phosphoric acid groups is 3. The molecule has 10 N–H and O–H groups in total. The van der Waals surface area contributed by atoms with Crippen molar-refractivity contribution in [2.75, 3.05) is 0 Å². The van der Waals surface area contributed by atoms with Crippen molar-refractivity contribution in [2.45, 2.75) is 0 Å². The molecule has 120 valence electrons. The molecule has 0 aliphatic rings. The second kappa shape index (κ2) is 11.4. The summed E-state index contributed by atoms with van der Waals surface area (Å²) < 4.78 is 26.6. The number of hydrogen-bond donors (Lipinski definition) is 10. The van der Waals surface area contributed by atoms with Crippen molar-refractivity contribution in [1.82, 2.24) is 0 Å². The minimum atomic E-state index is -4.64. The zero-order valence-corrected chi connectivity index (χ0v) is 11.0. The molecular formula is H10NO15P3. The Balaban J connectivity index is -0.0000000793. The molecule has 0 bridgehead atoms. The van der Waals surface area contributed by atoms with E-state index in [0.717, 1.165) is 0 Å². The van der Waals surface area contributed by atoms with Crippen LogP contribution < -0.4 is 0 Å². The Morgan fingerprint density at radius 2 is 0.632 bits per heavy atom. The van der Waals surface area contributed by atoms with Crippen molar-refractivity contribution in [3.8, 4) is 0 Å². The maximum absolute atomic E-state index is 8.88. The van der Waals surface area contributed by atoms with Gasteiger partial charge in [-0.25, -0.2) is 13.7 Å². The lowest BCUT2D eigenvalue weighted by atomic mass is 13.1. The zero-order valence-electron chi connectivity index (χ0n) is 8.30. The quantitative estimate of drug-likeness (QED) is 0.116. The highest BCUT2D eigenvalue weighted by Crippen LogP contribution is 2.26. The van der Waals surface area contributed by atoms with Crippen LogP contribution in [-0.4, -0.2) is 54.3 Å². The third-order valence-corrected chi connectivity index (χ3v) is 0. The summed E-state index contributed by atoms with van der Waals surface area (Å²) >= 11 is 0. The van der Waals surface area contributed by atoms with E-state index in [0.29, 0.717) is 0 Å². The molecule has 0 radical (unpaired) electrons. The van der Waals surface area contributed by atoms with Gasteiger partial charge in [0.25, 0.3) is 5.09 Å². The summed E-state index contributed by atoms with van der Waals surface area (Å²) in [5.41, 5.74) is 0. The second-order valence-electron chi connectivity index (χ2n) is 1.78. The fourth-order valence-corrected chi connectivity index (χ4v) is 0. The third-order valence-electron chi connectivity index (χ3n) is 0. The van der Waals surface area contributed by atoms with E-state index in [1.165, 1.54) is 0 Å². The Hall–Kier alpha value is -0.470. The van der Waals surface area contributed by atoms with Crippen molar-refractivity contribution in [2.24, 2.45) is 0 Å². The first-order valence-electron chi connectivity index (χ1n) is 2.91. The minimum absolute atomic E-state index is 1.50. The van der Waals surface area contributed by atoms with Gasteiger partial charge in [0.2, 0.25) is 0 Å². The molecule has 19 heteroatoms. The normalized spacial score (nSPS) is 10.6. The van der Waals surface area contributed by atoms with Crippen LogP contribution in [0.25, 0.3) is 0 Å². The zero-order chi connectivity index (χ0) is 17.1. The molecule has 0 aromatic rings. The minimum Gasteiger partial charge on any atom is -0.328 e. The average Bonchev–Trinajstić information content (AvgIpc) is 1.66. The lowest BCUT2D eigenvalue weighted by Gasteiger charge is -1.82. The van der Waals surface area contributed by atoms with E-state index in [1.807, 2.05) is 0 Å². The van der Waals surface area contributed by atoms with E-state index in [1.54, 1.807) is 0 Å². The first-order valence-corrected chi connectivity index (χ1v) is 7.61. The molecule has 0 aliphatic heterocycles. The standard InChI is InChI=1S/HNO3.3H3O4P/c2-1(3)4;3*1-5(2,3)4/h(H,2,3,4);3*(H3,1,2,3,4). The van der Waals surface area contributed by atoms with Gasteiger partial charge in [-0.1, -0.05) is 0 Å². The predicted molar refractivity (Wildman–Crippen MR) is 51.6 cm³/mol. The molecule has 0 unspecified atom stereocenters. The van der Waals surface area contributed by atoms with Crippen molar-refractivity contribution in [3.63, 3.8) is 0 Å². The summed E-state index contributed by atoms with van der Waals surface area (Å²) in [5, 5.41) is 13.6. The van der Waals surface area contributed by atoms with Crippen LogP contribution in [0.3, 0.4) is 0 Å². The maximum Gasteiger partial charge on any atom is 0.466 e. The van der Waals surface area contributed by atoms with Crippen LogP contribution >= 0.6 is 23.5 Å². The first kappa shape index (κ1) is 27.0. The molecule has 0 rings (SSSR count). The Bertz CT molecular complexity index is 273. The average molecular weight is 357 g/mol. The molecule has 0 spiro atoms. The van der Waals surface area contributed by atoms with Crippen molar-refractivity contribution in [1.29, 1.82) is 0 Å². The first-order chi connectivity index (χ1) is 7.73. The van der Waals surface area contributed by atoms with Crippen LogP contribution in [0, 0.1) is 10.1 Å². The largest absolute Gasteiger partial charge is 0.466 e. The highest BCUT2D eigenvalue weighted by Gasteiger charge is 2.01. The van der Waals surface area contributed by atoms with Gasteiger partial charge in [0.1, 0.15) is 0 Å². The molecule has 0 atom stereocenters. The van der Waals surface area contributed by atoms with Gasteiger partial charge >= 0.3 is 23.5 Å². The monoisotopic (exact) mass is 357 g/mol. The molecule has 0 aliphatic carbocycles. The van der Waals surface area contributed by atoms with Crippen LogP contribution in [-0.2, 0) is 13.7 Å². The summed E-state index contributed by atoms with van der Waals surface area (Å²) in [6.07, 6.45) is 0. The van der Waals surface area contributed by atoms with Crippen LogP contribution in [0.1, 0.15) is 0 Å². The van der Waals surface area contributed by atoms with Gasteiger partial charge in [0.15, 0.2) is 0 Å². The van der Waals surface area contributed by atoms with Crippen molar-refractivity contribution < 1.29 is 68.0 Å². The molecule has 0 heterocycles. The Kier molecular flexibility index (Phi) is 16.1. The topological polar surface area (TPSA) is 297 Å². The molecule has 0 amide bonds. The van der Waals surface area contributed by atoms with Gasteiger partial charge in [-0.15, -0.1) is 10.1 Å². The molecule has 19 heavy (non-hydrogen) atoms. The summed E-state index contributed by atoms with van der Waals surface area (Å²) in [4.78, 5) is 73.0. The Labute approximate surface area is 103 Å². The van der Waals surface area contributed by atoms with E-state index >= 15 is 0 Å². The molecule has 0 aromatic carbocycles. The number of rotatable bonds is 0. The van der Waals surface area contributed by atoms with Gasteiger partial charge in [-0.3, -0.25) is 0 Å². The number of hydrogen-bond acceptors (Lipinski definition) is 5. The highest BCUT2D eigenvalue weighted by atomic mass is 31.2. The molecule has 0 saturated heterocycles. The lowest BCUT2D eigenvalue weighted by molar-refractivity contribution is -0.742. The fourth-order valence-electron chi connectivity index (χ4n) is 0. The van der Waals surface area contributed by atoms with E-state index in [9.17, 15) is 0 Å². The predicted octanol–water partition coefficient (Wildman–Crippen LogP) is -3.13. The van der Waals surface area contributed by atoms with Gasteiger partial charge in [0, 0.05) is 0 Å². The molecule has 16 nitrogen and oxygen atoms in total. The maximum atomic E-state index is 8.88. The van der Waals surface area contributed by atoms with E-state index in [-0.39, 0.29) is 0 Å². The van der Waals surface area contributed by atoms with E-state index < -0.39 is 28.6 Å². The second-order valence-corrected chi connectivity index (χ2v) is 4.86. The molecule has 0 fully saturated rings. The van der Waals surface area contributed by atoms with Crippen molar-refractivity contribution >= 4 is 23.5 Å². The molecule has 0 saturated carbocycles. The summed E-state index contributed by atoms with van der Waals surface area (Å²) in [5.74, 6) is 0. The van der Waals surface area contributed by atoms with Gasteiger partial charge in [-0.05, 0) is 0 Å². The van der Waals surface area contributed by atoms with Gasteiger partial charge in [0.05, 0.1) is 0 Å². The van der Waals surface area contributed by atoms with E-state index in [4.69, 9.17) is 73.1 Å². The molecular weight excluding hydrogens is 347 g/mol. The van der Waals surface area contributed by atoms with Crippen molar-refractivity contribution in [3.05, 3.63) is 10.1 Å². The van der Waals surface area contributed by atoms with Crippen LogP contribution in [0.2, 0.25) is 0 Å². The third kappa shape index (κ3) is 19100. The SMILES string of the molecule is O=P(O)(O)O.O=P(O)(O)O.O=P(O)(O)O.O=[N+]([O-])O. The van der Waals surface area contributed by atoms with Crippen LogP contribution in [0.4, 0.5) is 0 Å². The Morgan fingerprint density at radius 3 is 0.632 bits per heavy atom. The highest BCUT2D eigenvalue weighted by molar-refractivity contribution is 7.45. The van der Waals surface area contributed by atoms with Gasteiger partial charge in [-0.2, -0.15) is 0 Å². The van der Waals surface area contributed by atoms with Crippen LogP contribution in [0.5, 0.6) is 0 Å². The summed E-state index contributed by atoms with van der Waals surface area (Å²) in [6.45, 7) is 0. The summed E-state index contributed by atoms with van der Waals surface area (Å²) in [7, 11) is -13.9. The lowest BCUT2D eigenvalue weighted by Crippen LogP contribution is -1.81. The van der Waals surface area contributed by atoms with Gasteiger partial charge < -0.3 is 49.2 Å². The summed E-state index contributed by atoms with van der Waals surface area (Å²) in [6, 6.07) is 0. The van der Waals surface area contributed by atoms with E-state index in [2.05, 4.69) is 0 Å². The Morgan fingerprint density at radius 1 is 0.632 bits per heavy atom. The molecule has 0 aromatic heterocycles. The smallest absolute Gasteiger partial charge is 0.328 e. The van der Waals surface area contributed by atoms with Crippen LogP contribution in [0.15, 0.2) is 0 Å².